The molecular formula is C24H32N2O3S. The lowest BCUT2D eigenvalue weighted by Gasteiger charge is -2.34. The maximum Gasteiger partial charge on any atom is 0.227 e. The molecule has 2 heterocycles. The lowest BCUT2D eigenvalue weighted by Crippen LogP contribution is -2.50. The molecule has 1 aromatic heterocycles. The van der Waals surface area contributed by atoms with Gasteiger partial charge in [-0.3, -0.25) is 9.59 Å². The summed E-state index contributed by atoms with van der Waals surface area (Å²) in [6, 6.07) is 12.1. The third-order valence-corrected chi connectivity index (χ3v) is 6.29. The van der Waals surface area contributed by atoms with Crippen LogP contribution in [0.15, 0.2) is 41.8 Å². The van der Waals surface area contributed by atoms with E-state index in [0.717, 1.165) is 10.6 Å². The molecule has 0 radical (unpaired) electrons. The first-order valence-corrected chi connectivity index (χ1v) is 11.5. The minimum absolute atomic E-state index is 0.129. The second-order valence-corrected chi connectivity index (χ2v) is 9.78. The lowest BCUT2D eigenvalue weighted by molar-refractivity contribution is -0.139. The van der Waals surface area contributed by atoms with E-state index in [2.05, 4.69) is 32.9 Å². The number of hydrogen-bond donors (Lipinski definition) is 0. The Kier molecular flexibility index (Phi) is 7.53. The van der Waals surface area contributed by atoms with Crippen molar-refractivity contribution in [3.8, 4) is 5.75 Å². The third-order valence-electron chi connectivity index (χ3n) is 5.41. The largest absolute Gasteiger partial charge is 0.494 e. The fourth-order valence-electron chi connectivity index (χ4n) is 3.50. The van der Waals surface area contributed by atoms with E-state index in [4.69, 9.17) is 4.74 Å². The van der Waals surface area contributed by atoms with Gasteiger partial charge in [-0.15, -0.1) is 11.3 Å². The van der Waals surface area contributed by atoms with E-state index in [0.29, 0.717) is 52.0 Å². The molecule has 0 unspecified atom stereocenters. The average molecular weight is 429 g/mol. The monoisotopic (exact) mass is 428 g/mol. The molecule has 0 bridgehead atoms. The van der Waals surface area contributed by atoms with Crippen molar-refractivity contribution in [1.82, 2.24) is 9.80 Å². The van der Waals surface area contributed by atoms with Crippen LogP contribution in [0.4, 0.5) is 0 Å². The van der Waals surface area contributed by atoms with Crippen LogP contribution in [0.2, 0.25) is 0 Å². The molecule has 1 saturated heterocycles. The summed E-state index contributed by atoms with van der Waals surface area (Å²) in [5.41, 5.74) is 1.40. The molecular weight excluding hydrogens is 396 g/mol. The SMILES string of the molecule is CC(C)(C)c1ccc(OCCCC(=O)N2CCN(C(=O)Cc3cccs3)CC2)cc1. The molecule has 30 heavy (non-hydrogen) atoms. The Morgan fingerprint density at radius 2 is 1.60 bits per heavy atom. The first-order chi connectivity index (χ1) is 14.3. The zero-order valence-electron chi connectivity index (χ0n) is 18.2. The van der Waals surface area contributed by atoms with Crippen LogP contribution < -0.4 is 4.74 Å². The van der Waals surface area contributed by atoms with Gasteiger partial charge >= 0.3 is 0 Å². The Morgan fingerprint density at radius 1 is 0.967 bits per heavy atom. The molecule has 6 heteroatoms. The van der Waals surface area contributed by atoms with Crippen molar-refractivity contribution in [2.75, 3.05) is 32.8 Å². The molecule has 2 amide bonds. The van der Waals surface area contributed by atoms with Gasteiger partial charge in [-0.1, -0.05) is 39.0 Å². The minimum Gasteiger partial charge on any atom is -0.494 e. The molecule has 5 nitrogen and oxygen atoms in total. The number of amides is 2. The van der Waals surface area contributed by atoms with Crippen LogP contribution in [0, 0.1) is 0 Å². The van der Waals surface area contributed by atoms with Crippen molar-refractivity contribution >= 4 is 23.2 Å². The quantitative estimate of drug-likeness (QED) is 0.624. The fourth-order valence-corrected chi connectivity index (χ4v) is 4.20. The highest BCUT2D eigenvalue weighted by Crippen LogP contribution is 2.24. The Morgan fingerprint density at radius 3 is 2.17 bits per heavy atom. The van der Waals surface area contributed by atoms with Crippen molar-refractivity contribution in [2.24, 2.45) is 0 Å². The van der Waals surface area contributed by atoms with Gasteiger partial charge in [-0.2, -0.15) is 0 Å². The summed E-state index contributed by atoms with van der Waals surface area (Å²) in [7, 11) is 0. The predicted molar refractivity (Wildman–Crippen MR) is 121 cm³/mol. The van der Waals surface area contributed by atoms with Crippen LogP contribution in [0.25, 0.3) is 0 Å². The summed E-state index contributed by atoms with van der Waals surface area (Å²) in [4.78, 5) is 29.7. The maximum atomic E-state index is 12.5. The summed E-state index contributed by atoms with van der Waals surface area (Å²) in [5, 5.41) is 1.99. The van der Waals surface area contributed by atoms with Crippen LogP contribution in [-0.2, 0) is 21.4 Å². The number of piperazine rings is 1. The van der Waals surface area contributed by atoms with Gasteiger partial charge in [-0.05, 0) is 41.0 Å². The zero-order chi connectivity index (χ0) is 21.6. The highest BCUT2D eigenvalue weighted by Gasteiger charge is 2.24. The number of thiophene rings is 1. The smallest absolute Gasteiger partial charge is 0.227 e. The highest BCUT2D eigenvalue weighted by atomic mass is 32.1. The first kappa shape index (κ1) is 22.3. The van der Waals surface area contributed by atoms with E-state index in [1.807, 2.05) is 39.4 Å². The van der Waals surface area contributed by atoms with E-state index < -0.39 is 0 Å². The van der Waals surface area contributed by atoms with Crippen LogP contribution in [0.5, 0.6) is 5.75 Å². The summed E-state index contributed by atoms with van der Waals surface area (Å²) in [6.07, 6.45) is 1.63. The van der Waals surface area contributed by atoms with Gasteiger partial charge in [0.15, 0.2) is 0 Å². The predicted octanol–water partition coefficient (Wildman–Crippen LogP) is 4.12. The fraction of sp³-hybridized carbons (Fsp3) is 0.500. The Bertz CT molecular complexity index is 817. The van der Waals surface area contributed by atoms with Gasteiger partial charge in [0, 0.05) is 37.5 Å². The summed E-state index contributed by atoms with van der Waals surface area (Å²) in [6.45, 7) is 9.56. The van der Waals surface area contributed by atoms with Crippen LogP contribution in [0.1, 0.15) is 44.1 Å². The van der Waals surface area contributed by atoms with Gasteiger partial charge in [0.2, 0.25) is 11.8 Å². The van der Waals surface area contributed by atoms with Gasteiger partial charge in [0.1, 0.15) is 5.75 Å². The summed E-state index contributed by atoms with van der Waals surface area (Å²) >= 11 is 1.61. The molecule has 2 aromatic rings. The molecule has 1 aliphatic rings. The van der Waals surface area contributed by atoms with E-state index in [1.54, 1.807) is 11.3 Å². The molecule has 1 aliphatic heterocycles. The second kappa shape index (κ2) is 10.1. The Balaban J connectivity index is 1.33. The summed E-state index contributed by atoms with van der Waals surface area (Å²) in [5.74, 6) is 1.13. The number of hydrogen-bond acceptors (Lipinski definition) is 4. The number of rotatable bonds is 7. The van der Waals surface area contributed by atoms with Crippen LogP contribution in [0.3, 0.4) is 0 Å². The molecule has 0 saturated carbocycles. The highest BCUT2D eigenvalue weighted by molar-refractivity contribution is 7.10. The van der Waals surface area contributed by atoms with Gasteiger partial charge in [0.05, 0.1) is 13.0 Å². The van der Waals surface area contributed by atoms with Crippen molar-refractivity contribution in [2.45, 2.75) is 45.4 Å². The topological polar surface area (TPSA) is 49.9 Å². The van der Waals surface area contributed by atoms with E-state index in [1.165, 1.54) is 5.56 Å². The van der Waals surface area contributed by atoms with Gasteiger partial charge in [0.25, 0.3) is 0 Å². The normalized spacial score (nSPS) is 14.6. The third kappa shape index (κ3) is 6.33. The number of ether oxygens (including phenoxy) is 1. The van der Waals surface area contributed by atoms with Crippen molar-refractivity contribution in [3.05, 3.63) is 52.2 Å². The van der Waals surface area contributed by atoms with Crippen LogP contribution >= 0.6 is 11.3 Å². The van der Waals surface area contributed by atoms with Crippen molar-refractivity contribution in [3.63, 3.8) is 0 Å². The van der Waals surface area contributed by atoms with Crippen LogP contribution in [-0.4, -0.2) is 54.4 Å². The minimum atomic E-state index is 0.129. The number of benzene rings is 1. The van der Waals surface area contributed by atoms with Crippen molar-refractivity contribution in [1.29, 1.82) is 0 Å². The molecule has 0 atom stereocenters. The lowest BCUT2D eigenvalue weighted by atomic mass is 9.87. The van der Waals surface area contributed by atoms with E-state index in [-0.39, 0.29) is 17.2 Å². The molecule has 162 valence electrons. The molecule has 1 fully saturated rings. The molecule has 1 aromatic carbocycles. The Labute approximate surface area is 183 Å². The number of nitrogens with zero attached hydrogens (tertiary/aromatic N) is 2. The molecule has 0 aliphatic carbocycles. The standard InChI is InChI=1S/C24H32N2O3S/c1-24(2,3)19-8-10-20(11-9-19)29-16-4-7-22(27)25-12-14-26(15-13-25)23(28)18-21-6-5-17-30-21/h5-6,8-11,17H,4,7,12-16,18H2,1-3H3. The zero-order valence-corrected chi connectivity index (χ0v) is 19.0. The van der Waals surface area contributed by atoms with Gasteiger partial charge < -0.3 is 14.5 Å². The first-order valence-electron chi connectivity index (χ1n) is 10.6. The van der Waals surface area contributed by atoms with Crippen molar-refractivity contribution < 1.29 is 14.3 Å². The molecule has 0 N–H and O–H groups in total. The number of carbonyl (C=O) groups excluding carboxylic acids is 2. The number of carbonyl (C=O) groups is 2. The van der Waals surface area contributed by atoms with Gasteiger partial charge in [-0.25, -0.2) is 0 Å². The maximum absolute atomic E-state index is 12.5. The Hall–Kier alpha value is -2.34. The molecule has 0 spiro atoms. The molecule has 3 rings (SSSR count). The van der Waals surface area contributed by atoms with E-state index in [9.17, 15) is 9.59 Å². The van der Waals surface area contributed by atoms with E-state index >= 15 is 0 Å². The average Bonchev–Trinajstić information content (AvgIpc) is 3.24. The summed E-state index contributed by atoms with van der Waals surface area (Å²) < 4.78 is 5.79. The second-order valence-electron chi connectivity index (χ2n) is 8.74.